The van der Waals surface area contributed by atoms with Gasteiger partial charge in [-0.3, -0.25) is 14.9 Å². The van der Waals surface area contributed by atoms with Gasteiger partial charge in [0.2, 0.25) is 0 Å². The van der Waals surface area contributed by atoms with E-state index in [0.29, 0.717) is 12.0 Å². The predicted octanol–water partition coefficient (Wildman–Crippen LogP) is 1.94. The van der Waals surface area contributed by atoms with Gasteiger partial charge in [-0.05, 0) is 12.1 Å². The van der Waals surface area contributed by atoms with E-state index in [1.807, 2.05) is 0 Å². The second-order valence-electron chi connectivity index (χ2n) is 3.57. The van der Waals surface area contributed by atoms with Crippen molar-refractivity contribution in [2.75, 3.05) is 11.1 Å². The van der Waals surface area contributed by atoms with Gasteiger partial charge in [0.15, 0.2) is 6.29 Å². The number of anilines is 3. The normalized spacial score (nSPS) is 9.40. The number of aromatic nitrogens is 2. The molecule has 0 aliphatic carbocycles. The zero-order chi connectivity index (χ0) is 13.8. The first-order chi connectivity index (χ1) is 9.11. The molecule has 2 rings (SSSR count). The summed E-state index contributed by atoms with van der Waals surface area (Å²) in [5.74, 6) is 0.311. The molecule has 0 bridgehead atoms. The maximum absolute atomic E-state index is 10.9. The van der Waals surface area contributed by atoms with Crippen molar-refractivity contribution in [3.05, 3.63) is 46.3 Å². The Morgan fingerprint density at radius 3 is 2.45 bits per heavy atom. The Morgan fingerprint density at radius 1 is 1.25 bits per heavy atom. The van der Waals surface area contributed by atoms with Crippen LogP contribution in [0.2, 0.25) is 0 Å². The van der Waals surface area contributed by atoms with Gasteiger partial charge in [0.05, 0.1) is 10.5 Å². The number of nitro benzene ring substituents is 1. The topological polar surface area (TPSA) is 124 Å². The summed E-state index contributed by atoms with van der Waals surface area (Å²) in [7, 11) is 0. The van der Waals surface area contributed by atoms with Crippen LogP contribution in [0.3, 0.4) is 0 Å². The molecule has 20 heavy (non-hydrogen) atoms. The number of carbonyl (C=O) groups is 1. The van der Waals surface area contributed by atoms with Gasteiger partial charge in [0.1, 0.15) is 18.0 Å². The second kappa shape index (κ2) is 6.43. The van der Waals surface area contributed by atoms with Crippen LogP contribution in [-0.2, 0) is 0 Å². The molecule has 0 aliphatic rings. The summed E-state index contributed by atoms with van der Waals surface area (Å²) < 4.78 is 0. The summed E-state index contributed by atoms with van der Waals surface area (Å²) in [5, 5.41) is 13.4. The Morgan fingerprint density at radius 2 is 1.90 bits per heavy atom. The van der Waals surface area contributed by atoms with Gasteiger partial charge in [-0.1, -0.05) is 0 Å². The number of benzene rings is 1. The van der Waals surface area contributed by atoms with E-state index >= 15 is 0 Å². The molecule has 8 nitrogen and oxygen atoms in total. The molecule has 0 spiro atoms. The maximum Gasteiger partial charge on any atom is 0.269 e. The number of halogens is 1. The number of non-ortho nitro benzene ring substituents is 1. The van der Waals surface area contributed by atoms with Crippen LogP contribution in [0, 0.1) is 10.1 Å². The minimum atomic E-state index is -0.497. The number of nitrogens with one attached hydrogen (secondary N) is 1. The first-order valence-corrected chi connectivity index (χ1v) is 5.19. The third kappa shape index (κ3) is 3.18. The van der Waals surface area contributed by atoms with Gasteiger partial charge in [-0.15, -0.1) is 12.4 Å². The average molecular weight is 296 g/mol. The van der Waals surface area contributed by atoms with E-state index in [-0.39, 0.29) is 35.3 Å². The van der Waals surface area contributed by atoms with Gasteiger partial charge in [0.25, 0.3) is 5.69 Å². The standard InChI is InChI=1S/C11H9N5O3.ClH/c12-10-9(5-17)11(14-6-13-10)15-7-1-3-8(4-2-7)16(18)19;/h1-6H,(H3,12,13,14,15);1H. The number of nitrogen functional groups attached to an aromatic ring is 1. The van der Waals surface area contributed by atoms with Crippen LogP contribution in [0.25, 0.3) is 0 Å². The highest BCUT2D eigenvalue weighted by Crippen LogP contribution is 2.22. The van der Waals surface area contributed by atoms with Gasteiger partial charge in [0, 0.05) is 17.8 Å². The Hall–Kier alpha value is -2.74. The lowest BCUT2D eigenvalue weighted by Gasteiger charge is -2.08. The SMILES string of the molecule is Cl.Nc1ncnc(Nc2ccc([N+](=O)[O-])cc2)c1C=O. The highest BCUT2D eigenvalue weighted by Gasteiger charge is 2.09. The Balaban J connectivity index is 0.00000200. The van der Waals surface area contributed by atoms with E-state index in [4.69, 9.17) is 5.73 Å². The van der Waals surface area contributed by atoms with E-state index in [2.05, 4.69) is 15.3 Å². The van der Waals surface area contributed by atoms with Gasteiger partial charge in [-0.2, -0.15) is 0 Å². The molecule has 0 fully saturated rings. The number of rotatable bonds is 4. The van der Waals surface area contributed by atoms with Crippen molar-refractivity contribution in [1.29, 1.82) is 0 Å². The van der Waals surface area contributed by atoms with Gasteiger partial charge < -0.3 is 11.1 Å². The summed E-state index contributed by atoms with van der Waals surface area (Å²) in [6.45, 7) is 0. The summed E-state index contributed by atoms with van der Waals surface area (Å²) in [6.07, 6.45) is 1.76. The van der Waals surface area contributed by atoms with E-state index in [0.717, 1.165) is 0 Å². The molecule has 9 heteroatoms. The predicted molar refractivity (Wildman–Crippen MR) is 75.5 cm³/mol. The van der Waals surface area contributed by atoms with E-state index < -0.39 is 4.92 Å². The van der Waals surface area contributed by atoms with Gasteiger partial charge >= 0.3 is 0 Å². The largest absolute Gasteiger partial charge is 0.383 e. The Labute approximate surface area is 119 Å². The second-order valence-corrected chi connectivity index (χ2v) is 3.57. The third-order valence-corrected chi connectivity index (χ3v) is 2.37. The van der Waals surface area contributed by atoms with Crippen LogP contribution in [0.4, 0.5) is 23.0 Å². The minimum absolute atomic E-state index is 0. The fourth-order valence-corrected chi connectivity index (χ4v) is 1.43. The molecule has 2 aromatic rings. The number of aldehydes is 1. The molecule has 1 heterocycles. The lowest BCUT2D eigenvalue weighted by molar-refractivity contribution is -0.384. The maximum atomic E-state index is 10.9. The van der Waals surface area contributed by atoms with Crippen molar-refractivity contribution < 1.29 is 9.72 Å². The number of hydrogen-bond donors (Lipinski definition) is 2. The molecule has 1 aromatic carbocycles. The summed E-state index contributed by atoms with van der Waals surface area (Å²) in [6, 6.07) is 5.69. The molecular weight excluding hydrogens is 286 g/mol. The van der Waals surface area contributed by atoms with Crippen LogP contribution in [0.5, 0.6) is 0 Å². The van der Waals surface area contributed by atoms with Crippen molar-refractivity contribution in [2.24, 2.45) is 0 Å². The summed E-state index contributed by atoms with van der Waals surface area (Å²) >= 11 is 0. The molecular formula is C11H10ClN5O3. The smallest absolute Gasteiger partial charge is 0.269 e. The van der Waals surface area contributed by atoms with E-state index in [1.54, 1.807) is 0 Å². The number of nitrogens with zero attached hydrogens (tertiary/aromatic N) is 3. The van der Waals surface area contributed by atoms with Crippen molar-refractivity contribution in [3.8, 4) is 0 Å². The van der Waals surface area contributed by atoms with Crippen LogP contribution in [0.15, 0.2) is 30.6 Å². The van der Waals surface area contributed by atoms with Crippen molar-refractivity contribution >= 4 is 41.7 Å². The van der Waals surface area contributed by atoms with Crippen molar-refractivity contribution in [1.82, 2.24) is 9.97 Å². The summed E-state index contributed by atoms with van der Waals surface area (Å²) in [5.41, 5.74) is 6.20. The molecule has 0 radical (unpaired) electrons. The molecule has 1 aromatic heterocycles. The lowest BCUT2D eigenvalue weighted by Crippen LogP contribution is -2.04. The number of nitro groups is 1. The number of carbonyl (C=O) groups excluding carboxylic acids is 1. The average Bonchev–Trinajstić information content (AvgIpc) is 2.39. The highest BCUT2D eigenvalue weighted by molar-refractivity contribution is 5.89. The van der Waals surface area contributed by atoms with Crippen LogP contribution in [-0.4, -0.2) is 21.2 Å². The number of hydrogen-bond acceptors (Lipinski definition) is 7. The first kappa shape index (κ1) is 15.3. The highest BCUT2D eigenvalue weighted by atomic mass is 35.5. The van der Waals surface area contributed by atoms with E-state index in [1.165, 1.54) is 30.6 Å². The molecule has 0 amide bonds. The molecule has 0 saturated carbocycles. The molecule has 0 unspecified atom stereocenters. The van der Waals surface area contributed by atoms with Crippen molar-refractivity contribution in [3.63, 3.8) is 0 Å². The number of nitrogens with two attached hydrogens (primary N) is 1. The third-order valence-electron chi connectivity index (χ3n) is 2.37. The quantitative estimate of drug-likeness (QED) is 0.501. The van der Waals surface area contributed by atoms with Crippen molar-refractivity contribution in [2.45, 2.75) is 0 Å². The summed E-state index contributed by atoms with van der Waals surface area (Å²) in [4.78, 5) is 28.5. The van der Waals surface area contributed by atoms with Crippen LogP contribution < -0.4 is 11.1 Å². The zero-order valence-electron chi connectivity index (χ0n) is 10.0. The van der Waals surface area contributed by atoms with Gasteiger partial charge in [-0.25, -0.2) is 9.97 Å². The fourth-order valence-electron chi connectivity index (χ4n) is 1.43. The Bertz CT molecular complexity index is 632. The lowest BCUT2D eigenvalue weighted by atomic mass is 10.2. The molecule has 104 valence electrons. The molecule has 0 atom stereocenters. The minimum Gasteiger partial charge on any atom is -0.383 e. The monoisotopic (exact) mass is 295 g/mol. The zero-order valence-corrected chi connectivity index (χ0v) is 10.8. The Kier molecular flexibility index (Phi) is 4.93. The molecule has 0 saturated heterocycles. The molecule has 0 aliphatic heterocycles. The van der Waals surface area contributed by atoms with E-state index in [9.17, 15) is 14.9 Å². The van der Waals surface area contributed by atoms with Crippen LogP contribution in [0.1, 0.15) is 10.4 Å². The molecule has 3 N–H and O–H groups in total. The fraction of sp³-hybridized carbons (Fsp3) is 0. The first-order valence-electron chi connectivity index (χ1n) is 5.19. The van der Waals surface area contributed by atoms with Crippen LogP contribution >= 0.6 is 12.4 Å².